The molecule has 0 aromatic heterocycles. The van der Waals surface area contributed by atoms with Crippen LogP contribution in [0, 0.1) is 11.6 Å². The van der Waals surface area contributed by atoms with Gasteiger partial charge in [-0.3, -0.25) is 0 Å². The summed E-state index contributed by atoms with van der Waals surface area (Å²) in [7, 11) is 0. The van der Waals surface area contributed by atoms with E-state index < -0.39 is 45.3 Å². The standard InChI is InChI=1S/C37H42ClF2NO7/c1-22-30-28(48-37(22,23-8-4-3-5-9-23)21-41-24-13-15-36(2,44)16-14-24)20-26(39)33(38)32(30)31-25(35(42)43)11-12-27(34(31)40)45-18-19-47-29-10-6-7-17-46-29/h3-5,8-9,11-12,20,22,24,29,41,44H,6-7,10,13-19,21H2,1-2H3,(H,42,43)/t22-,24?,29?,36?,37-/m0/s1. The van der Waals surface area contributed by atoms with Crippen molar-refractivity contribution in [3.8, 4) is 22.6 Å². The Morgan fingerprint density at radius 1 is 1.06 bits per heavy atom. The third-order valence-corrected chi connectivity index (χ3v) is 10.4. The minimum atomic E-state index is -1.40. The Morgan fingerprint density at radius 3 is 2.50 bits per heavy atom. The van der Waals surface area contributed by atoms with Crippen LogP contribution in [0.4, 0.5) is 8.78 Å². The first-order chi connectivity index (χ1) is 23.0. The van der Waals surface area contributed by atoms with Gasteiger partial charge in [-0.15, -0.1) is 0 Å². The first-order valence-electron chi connectivity index (χ1n) is 16.6. The second-order valence-electron chi connectivity index (χ2n) is 13.3. The van der Waals surface area contributed by atoms with Gasteiger partial charge >= 0.3 is 5.97 Å². The van der Waals surface area contributed by atoms with Crippen molar-refractivity contribution >= 4 is 17.6 Å². The Bertz CT molecular complexity index is 1620. The molecule has 3 atom stereocenters. The number of aromatic carboxylic acids is 1. The molecule has 48 heavy (non-hydrogen) atoms. The highest BCUT2D eigenvalue weighted by Crippen LogP contribution is 2.56. The van der Waals surface area contributed by atoms with Crippen molar-refractivity contribution in [1.82, 2.24) is 5.32 Å². The average Bonchev–Trinajstić information content (AvgIpc) is 3.36. The maximum absolute atomic E-state index is 16.5. The summed E-state index contributed by atoms with van der Waals surface area (Å²) >= 11 is 6.65. The molecule has 0 amide bonds. The van der Waals surface area contributed by atoms with Crippen LogP contribution in [0.25, 0.3) is 11.1 Å². The molecule has 258 valence electrons. The lowest BCUT2D eigenvalue weighted by molar-refractivity contribution is -0.165. The molecule has 6 rings (SSSR count). The Kier molecular flexibility index (Phi) is 10.3. The van der Waals surface area contributed by atoms with Crippen molar-refractivity contribution < 1.29 is 42.7 Å². The van der Waals surface area contributed by atoms with Crippen molar-refractivity contribution in [2.45, 2.75) is 88.2 Å². The summed E-state index contributed by atoms with van der Waals surface area (Å²) in [6.07, 6.45) is 5.22. The smallest absolute Gasteiger partial charge is 0.336 e. The quantitative estimate of drug-likeness (QED) is 0.178. The molecule has 3 aliphatic rings. The minimum absolute atomic E-state index is 0.0173. The largest absolute Gasteiger partial charge is 0.488 e. The van der Waals surface area contributed by atoms with Gasteiger partial charge in [0.05, 0.1) is 22.8 Å². The van der Waals surface area contributed by atoms with Gasteiger partial charge < -0.3 is 34.5 Å². The first-order valence-corrected chi connectivity index (χ1v) is 17.0. The molecular formula is C37H42ClF2NO7. The fraction of sp³-hybridized carbons (Fsp3) is 0.486. The maximum Gasteiger partial charge on any atom is 0.336 e. The number of carbonyl (C=O) groups is 1. The molecule has 0 radical (unpaired) electrons. The fourth-order valence-electron chi connectivity index (χ4n) is 7.22. The van der Waals surface area contributed by atoms with Crippen molar-refractivity contribution in [3.05, 3.63) is 81.9 Å². The van der Waals surface area contributed by atoms with Gasteiger partial charge in [0.15, 0.2) is 23.5 Å². The Hall–Kier alpha value is -3.28. The molecule has 3 N–H and O–H groups in total. The van der Waals surface area contributed by atoms with E-state index in [4.69, 9.17) is 30.5 Å². The van der Waals surface area contributed by atoms with Gasteiger partial charge in [0, 0.05) is 47.9 Å². The zero-order chi connectivity index (χ0) is 34.1. The van der Waals surface area contributed by atoms with E-state index in [1.807, 2.05) is 44.2 Å². The lowest BCUT2D eigenvalue weighted by atomic mass is 9.77. The van der Waals surface area contributed by atoms with Gasteiger partial charge in [-0.25, -0.2) is 13.6 Å². The minimum Gasteiger partial charge on any atom is -0.488 e. The van der Waals surface area contributed by atoms with Crippen LogP contribution < -0.4 is 14.8 Å². The normalized spacial score (nSPS) is 26.9. The lowest BCUT2D eigenvalue weighted by Crippen LogP contribution is -2.49. The van der Waals surface area contributed by atoms with Gasteiger partial charge in [0.2, 0.25) is 0 Å². The summed E-state index contributed by atoms with van der Waals surface area (Å²) in [5.74, 6) is -3.84. The Balaban J connectivity index is 1.36. The van der Waals surface area contributed by atoms with Crippen molar-refractivity contribution in [2.24, 2.45) is 0 Å². The Morgan fingerprint density at radius 2 is 1.81 bits per heavy atom. The van der Waals surface area contributed by atoms with E-state index in [2.05, 4.69) is 5.32 Å². The molecule has 3 aromatic rings. The van der Waals surface area contributed by atoms with Crippen LogP contribution in [-0.2, 0) is 15.1 Å². The number of rotatable bonds is 11. The van der Waals surface area contributed by atoms with E-state index in [0.29, 0.717) is 31.6 Å². The molecule has 2 heterocycles. The van der Waals surface area contributed by atoms with Crippen LogP contribution in [0.15, 0.2) is 48.5 Å². The second kappa shape index (κ2) is 14.3. The number of aliphatic hydroxyl groups is 1. The highest BCUT2D eigenvalue weighted by molar-refractivity contribution is 6.34. The summed E-state index contributed by atoms with van der Waals surface area (Å²) in [5.41, 5.74) is -1.41. The van der Waals surface area contributed by atoms with Crippen LogP contribution in [0.5, 0.6) is 11.5 Å². The van der Waals surface area contributed by atoms with Crippen LogP contribution in [0.1, 0.15) is 86.2 Å². The van der Waals surface area contributed by atoms with Crippen molar-refractivity contribution in [1.29, 1.82) is 0 Å². The number of benzene rings is 3. The summed E-state index contributed by atoms with van der Waals surface area (Å²) in [5, 5.41) is 23.9. The Labute approximate surface area is 284 Å². The number of carboxylic acid groups (broad SMARTS) is 1. The molecule has 11 heteroatoms. The fourth-order valence-corrected chi connectivity index (χ4v) is 7.47. The van der Waals surface area contributed by atoms with Crippen molar-refractivity contribution in [3.63, 3.8) is 0 Å². The average molecular weight is 686 g/mol. The molecule has 0 spiro atoms. The lowest BCUT2D eigenvalue weighted by Gasteiger charge is -2.38. The molecule has 2 aliphatic heterocycles. The summed E-state index contributed by atoms with van der Waals surface area (Å²) in [6, 6.07) is 13.3. The van der Waals surface area contributed by atoms with Crippen LogP contribution in [-0.4, -0.2) is 60.5 Å². The predicted octanol–water partition coefficient (Wildman–Crippen LogP) is 7.58. The zero-order valence-corrected chi connectivity index (χ0v) is 28.0. The number of fused-ring (bicyclic) bond motifs is 1. The van der Waals surface area contributed by atoms with E-state index in [9.17, 15) is 15.0 Å². The van der Waals surface area contributed by atoms with Crippen LogP contribution >= 0.6 is 11.6 Å². The van der Waals surface area contributed by atoms with Gasteiger partial charge in [-0.1, -0.05) is 48.9 Å². The molecule has 1 unspecified atom stereocenters. The maximum atomic E-state index is 16.5. The second-order valence-corrected chi connectivity index (χ2v) is 13.7. The van der Waals surface area contributed by atoms with Gasteiger partial charge in [-0.2, -0.15) is 0 Å². The highest BCUT2D eigenvalue weighted by Gasteiger charge is 2.50. The van der Waals surface area contributed by atoms with Crippen LogP contribution in [0.2, 0.25) is 5.02 Å². The molecule has 0 bridgehead atoms. The topological polar surface area (TPSA) is 106 Å². The number of hydrogen-bond donors (Lipinski definition) is 3. The number of ether oxygens (including phenoxy) is 4. The number of hydrogen-bond acceptors (Lipinski definition) is 7. The monoisotopic (exact) mass is 685 g/mol. The van der Waals surface area contributed by atoms with E-state index >= 15 is 8.78 Å². The SMILES string of the molecule is C[C@H]1c2c(cc(F)c(Cl)c2-c2c(C(=O)O)ccc(OCCOC3CCCCO3)c2F)O[C@]1(CNC1CCC(C)(O)CC1)c1ccccc1. The molecule has 1 saturated heterocycles. The molecule has 2 fully saturated rings. The summed E-state index contributed by atoms with van der Waals surface area (Å²) in [6.45, 7) is 4.79. The molecular weight excluding hydrogens is 644 g/mol. The van der Waals surface area contributed by atoms with Crippen LogP contribution in [0.3, 0.4) is 0 Å². The molecule has 8 nitrogen and oxygen atoms in total. The first kappa shape index (κ1) is 34.6. The van der Waals surface area contributed by atoms with Gasteiger partial charge in [0.25, 0.3) is 0 Å². The predicted molar refractivity (Wildman–Crippen MR) is 177 cm³/mol. The van der Waals surface area contributed by atoms with E-state index in [-0.39, 0.29) is 48.2 Å². The van der Waals surface area contributed by atoms with Gasteiger partial charge in [0.1, 0.15) is 18.2 Å². The van der Waals surface area contributed by atoms with Crippen molar-refractivity contribution in [2.75, 3.05) is 26.4 Å². The molecule has 3 aromatic carbocycles. The number of carboxylic acids is 1. The number of halogens is 3. The molecule has 1 saturated carbocycles. The highest BCUT2D eigenvalue weighted by atomic mass is 35.5. The third-order valence-electron chi connectivity index (χ3n) is 9.99. The van der Waals surface area contributed by atoms with Gasteiger partial charge in [-0.05, 0) is 69.6 Å². The summed E-state index contributed by atoms with van der Waals surface area (Å²) < 4.78 is 55.9. The summed E-state index contributed by atoms with van der Waals surface area (Å²) in [4.78, 5) is 12.5. The third kappa shape index (κ3) is 6.91. The van der Waals surface area contributed by atoms with E-state index in [1.165, 1.54) is 18.2 Å². The van der Waals surface area contributed by atoms with E-state index in [1.54, 1.807) is 0 Å². The molecule has 1 aliphatic carbocycles. The van der Waals surface area contributed by atoms with E-state index in [0.717, 1.165) is 37.7 Å². The zero-order valence-electron chi connectivity index (χ0n) is 27.2. The number of nitrogens with one attached hydrogen (secondary N) is 1.